The van der Waals surface area contributed by atoms with Crippen molar-refractivity contribution in [2.45, 2.75) is 25.2 Å². The number of anilines is 1. The van der Waals surface area contributed by atoms with Crippen LogP contribution in [0.25, 0.3) is 0 Å². The molecule has 0 unspecified atom stereocenters. The summed E-state index contributed by atoms with van der Waals surface area (Å²) in [7, 11) is -4.00. The largest absolute Gasteiger partial charge is 0.490 e. The maximum Gasteiger partial charge on any atom is 0.264 e. The second-order valence-electron chi connectivity index (χ2n) is 7.32. The summed E-state index contributed by atoms with van der Waals surface area (Å²) in [5.41, 5.74) is 3.33. The van der Waals surface area contributed by atoms with Gasteiger partial charge in [0.15, 0.2) is 11.5 Å². The molecule has 3 aromatic rings. The van der Waals surface area contributed by atoms with E-state index in [4.69, 9.17) is 9.47 Å². The Morgan fingerprint density at radius 3 is 2.54 bits per heavy atom. The summed E-state index contributed by atoms with van der Waals surface area (Å²) >= 11 is 0. The van der Waals surface area contributed by atoms with Crippen molar-refractivity contribution in [3.63, 3.8) is 0 Å². The minimum atomic E-state index is -4.00. The Kier molecular flexibility index (Phi) is 9.19. The zero-order chi connectivity index (χ0) is 25.1. The quantitative estimate of drug-likeness (QED) is 0.303. The van der Waals surface area contributed by atoms with E-state index in [-0.39, 0.29) is 10.6 Å². The predicted octanol–water partition coefficient (Wildman–Crippen LogP) is 3.61. The van der Waals surface area contributed by atoms with Crippen LogP contribution in [0.2, 0.25) is 0 Å². The van der Waals surface area contributed by atoms with Crippen molar-refractivity contribution in [3.8, 4) is 11.5 Å². The number of aromatic nitrogens is 1. The van der Waals surface area contributed by atoms with Crippen molar-refractivity contribution in [3.05, 3.63) is 78.6 Å². The molecule has 35 heavy (non-hydrogen) atoms. The maximum atomic E-state index is 13.2. The summed E-state index contributed by atoms with van der Waals surface area (Å²) in [6.07, 6.45) is 5.23. The zero-order valence-corrected chi connectivity index (χ0v) is 20.4. The number of hydrazone groups is 1. The van der Waals surface area contributed by atoms with Gasteiger partial charge in [-0.25, -0.2) is 13.8 Å². The lowest BCUT2D eigenvalue weighted by Gasteiger charge is -2.23. The Morgan fingerprint density at radius 1 is 1.06 bits per heavy atom. The normalized spacial score (nSPS) is 11.3. The summed E-state index contributed by atoms with van der Waals surface area (Å²) in [5, 5.41) is 3.98. The SMILES string of the molecule is CCCOc1ccc(/C=N\NC(=O)CN(c2cccnc2)S(=O)(=O)c2ccccc2)cc1OCC. The van der Waals surface area contributed by atoms with Crippen LogP contribution in [0.15, 0.2) is 83.1 Å². The van der Waals surface area contributed by atoms with Crippen molar-refractivity contribution in [1.29, 1.82) is 0 Å². The highest BCUT2D eigenvalue weighted by Crippen LogP contribution is 2.28. The molecule has 3 rings (SSSR count). The van der Waals surface area contributed by atoms with Gasteiger partial charge in [0, 0.05) is 6.20 Å². The van der Waals surface area contributed by atoms with Crippen molar-refractivity contribution in [2.24, 2.45) is 5.10 Å². The first-order valence-electron chi connectivity index (χ1n) is 11.1. The van der Waals surface area contributed by atoms with Gasteiger partial charge in [-0.2, -0.15) is 5.10 Å². The van der Waals surface area contributed by atoms with Crippen molar-refractivity contribution in [2.75, 3.05) is 24.1 Å². The van der Waals surface area contributed by atoms with E-state index in [0.29, 0.717) is 30.3 Å². The van der Waals surface area contributed by atoms with Crippen LogP contribution in [0.1, 0.15) is 25.8 Å². The highest BCUT2D eigenvalue weighted by atomic mass is 32.2. The van der Waals surface area contributed by atoms with Gasteiger partial charge >= 0.3 is 0 Å². The number of sulfonamides is 1. The Hall–Kier alpha value is -3.92. The van der Waals surface area contributed by atoms with Crippen LogP contribution in [-0.2, 0) is 14.8 Å². The van der Waals surface area contributed by atoms with E-state index in [1.807, 2.05) is 13.8 Å². The number of carbonyl (C=O) groups excluding carboxylic acids is 1. The molecule has 2 aromatic carbocycles. The number of ether oxygens (including phenoxy) is 2. The summed E-state index contributed by atoms with van der Waals surface area (Å²) in [5.74, 6) is 0.596. The highest BCUT2D eigenvalue weighted by Gasteiger charge is 2.27. The molecule has 0 bridgehead atoms. The standard InChI is InChI=1S/C25H28N4O5S/c1-3-15-34-23-13-12-20(16-24(23)33-4-2)17-27-28-25(30)19-29(21-9-8-14-26-18-21)35(31,32)22-10-6-5-7-11-22/h5-14,16-18H,3-4,15,19H2,1-2H3,(H,28,30)/b27-17-. The first kappa shape index (κ1) is 25.7. The van der Waals surface area contributed by atoms with E-state index >= 15 is 0 Å². The molecule has 1 heterocycles. The third-order valence-electron chi connectivity index (χ3n) is 4.68. The minimum Gasteiger partial charge on any atom is -0.490 e. The van der Waals surface area contributed by atoms with Gasteiger partial charge in [-0.05, 0) is 61.4 Å². The van der Waals surface area contributed by atoms with Crippen LogP contribution in [0.3, 0.4) is 0 Å². The van der Waals surface area contributed by atoms with E-state index in [1.165, 1.54) is 30.7 Å². The first-order valence-corrected chi connectivity index (χ1v) is 12.6. The molecule has 0 saturated heterocycles. The van der Waals surface area contributed by atoms with Crippen LogP contribution < -0.4 is 19.2 Å². The molecule has 184 valence electrons. The Morgan fingerprint density at radius 2 is 1.86 bits per heavy atom. The average molecular weight is 497 g/mol. The average Bonchev–Trinajstić information content (AvgIpc) is 2.88. The Balaban J connectivity index is 1.74. The maximum absolute atomic E-state index is 13.2. The third kappa shape index (κ3) is 7.03. The van der Waals surface area contributed by atoms with E-state index < -0.39 is 22.5 Å². The van der Waals surface area contributed by atoms with Crippen molar-refractivity contribution in [1.82, 2.24) is 10.4 Å². The Bertz CT molecular complexity index is 1240. The fraction of sp³-hybridized carbons (Fsp3) is 0.240. The number of carbonyl (C=O) groups is 1. The molecule has 1 N–H and O–H groups in total. The molecule has 0 saturated carbocycles. The van der Waals surface area contributed by atoms with Gasteiger partial charge < -0.3 is 9.47 Å². The fourth-order valence-electron chi connectivity index (χ4n) is 3.09. The second kappa shape index (κ2) is 12.5. The zero-order valence-electron chi connectivity index (χ0n) is 19.6. The van der Waals surface area contributed by atoms with Crippen LogP contribution in [0.5, 0.6) is 11.5 Å². The molecule has 0 atom stereocenters. The number of nitrogens with zero attached hydrogens (tertiary/aromatic N) is 3. The van der Waals surface area contributed by atoms with Gasteiger partial charge in [-0.3, -0.25) is 14.1 Å². The van der Waals surface area contributed by atoms with Gasteiger partial charge in [-0.15, -0.1) is 0 Å². The van der Waals surface area contributed by atoms with E-state index in [1.54, 1.807) is 48.5 Å². The third-order valence-corrected chi connectivity index (χ3v) is 6.47. The Labute approximate surface area is 205 Å². The molecule has 10 heteroatoms. The lowest BCUT2D eigenvalue weighted by molar-refractivity contribution is -0.119. The van der Waals surface area contributed by atoms with E-state index in [0.717, 1.165) is 10.7 Å². The summed E-state index contributed by atoms with van der Waals surface area (Å²) in [4.78, 5) is 16.7. The molecular weight excluding hydrogens is 468 g/mol. The number of amides is 1. The van der Waals surface area contributed by atoms with Crippen LogP contribution in [0.4, 0.5) is 5.69 Å². The van der Waals surface area contributed by atoms with Gasteiger partial charge in [0.2, 0.25) is 0 Å². The molecule has 0 radical (unpaired) electrons. The summed E-state index contributed by atoms with van der Waals surface area (Å²) in [6.45, 7) is 4.46. The first-order chi connectivity index (χ1) is 17.0. The highest BCUT2D eigenvalue weighted by molar-refractivity contribution is 7.92. The van der Waals surface area contributed by atoms with Crippen LogP contribution in [0, 0.1) is 0 Å². The molecule has 0 spiro atoms. The molecule has 0 fully saturated rings. The lowest BCUT2D eigenvalue weighted by Crippen LogP contribution is -2.39. The van der Waals surface area contributed by atoms with Gasteiger partial charge in [-0.1, -0.05) is 25.1 Å². The predicted molar refractivity (Wildman–Crippen MR) is 134 cm³/mol. The number of rotatable bonds is 12. The molecular formula is C25H28N4O5S. The van der Waals surface area contributed by atoms with E-state index in [2.05, 4.69) is 15.5 Å². The number of benzene rings is 2. The van der Waals surface area contributed by atoms with Crippen LogP contribution >= 0.6 is 0 Å². The molecule has 1 amide bonds. The number of hydrogen-bond acceptors (Lipinski definition) is 7. The van der Waals surface area contributed by atoms with Gasteiger partial charge in [0.25, 0.3) is 15.9 Å². The second-order valence-corrected chi connectivity index (χ2v) is 9.18. The molecule has 0 aliphatic carbocycles. The van der Waals surface area contributed by atoms with Crippen LogP contribution in [-0.4, -0.2) is 45.3 Å². The number of hydrogen-bond donors (Lipinski definition) is 1. The van der Waals surface area contributed by atoms with Gasteiger partial charge in [0.1, 0.15) is 6.54 Å². The monoisotopic (exact) mass is 496 g/mol. The molecule has 0 aliphatic rings. The molecule has 9 nitrogen and oxygen atoms in total. The van der Waals surface area contributed by atoms with Gasteiger partial charge in [0.05, 0.1) is 36.2 Å². The lowest BCUT2D eigenvalue weighted by atomic mass is 10.2. The number of nitrogens with one attached hydrogen (secondary N) is 1. The number of pyridine rings is 1. The minimum absolute atomic E-state index is 0.0639. The fourth-order valence-corrected chi connectivity index (χ4v) is 4.51. The topological polar surface area (TPSA) is 110 Å². The summed E-state index contributed by atoms with van der Waals surface area (Å²) in [6, 6.07) is 16.4. The smallest absolute Gasteiger partial charge is 0.264 e. The molecule has 0 aliphatic heterocycles. The van der Waals surface area contributed by atoms with Crippen molar-refractivity contribution < 1.29 is 22.7 Å². The van der Waals surface area contributed by atoms with E-state index in [9.17, 15) is 13.2 Å². The van der Waals surface area contributed by atoms with Crippen molar-refractivity contribution >= 4 is 27.8 Å². The summed E-state index contributed by atoms with van der Waals surface area (Å²) < 4.78 is 38.8. The molecule has 1 aromatic heterocycles.